The molecule has 0 aliphatic heterocycles. The van der Waals surface area contributed by atoms with Gasteiger partial charge >= 0.3 is 5.97 Å². The minimum atomic E-state index is -1.86. The Morgan fingerprint density at radius 1 is 1.22 bits per heavy atom. The lowest BCUT2D eigenvalue weighted by atomic mass is 9.97. The molecule has 0 unspecified atom stereocenters. The Bertz CT molecular complexity index is 1240. The third-order valence-electron chi connectivity index (χ3n) is 7.32. The van der Waals surface area contributed by atoms with Gasteiger partial charge in [-0.05, 0) is 55.9 Å². The maximum atomic E-state index is 13.0. The summed E-state index contributed by atoms with van der Waals surface area (Å²) in [5, 5.41) is 16.1. The van der Waals surface area contributed by atoms with Gasteiger partial charge in [0.15, 0.2) is 8.32 Å². The van der Waals surface area contributed by atoms with Crippen molar-refractivity contribution in [2.24, 2.45) is 7.05 Å². The molecule has 2 aromatic heterocycles. The van der Waals surface area contributed by atoms with Crippen LogP contribution in [-0.4, -0.2) is 47.4 Å². The highest BCUT2D eigenvalue weighted by Crippen LogP contribution is 2.41. The van der Waals surface area contributed by atoms with Crippen molar-refractivity contribution in [1.82, 2.24) is 14.8 Å². The van der Waals surface area contributed by atoms with Crippen LogP contribution in [-0.2, 0) is 35.7 Å². The Balaban J connectivity index is 2.10. The van der Waals surface area contributed by atoms with Gasteiger partial charge in [0.1, 0.15) is 5.69 Å². The highest BCUT2D eigenvalue weighted by atomic mass is 35.5. The second-order valence-corrected chi connectivity index (χ2v) is 15.9. The number of esters is 1. The highest BCUT2D eigenvalue weighted by Gasteiger charge is 2.37. The van der Waals surface area contributed by atoms with E-state index in [0.717, 1.165) is 39.7 Å². The van der Waals surface area contributed by atoms with Crippen LogP contribution in [0.3, 0.4) is 0 Å². The molecule has 3 aromatic rings. The normalized spacial score (nSPS) is 12.5. The van der Waals surface area contributed by atoms with E-state index >= 15 is 0 Å². The summed E-state index contributed by atoms with van der Waals surface area (Å²) in [6.45, 7) is 15.7. The Labute approximate surface area is 220 Å². The van der Waals surface area contributed by atoms with Gasteiger partial charge in [0.25, 0.3) is 0 Å². The van der Waals surface area contributed by atoms with Crippen LogP contribution < -0.4 is 0 Å². The average Bonchev–Trinajstić information content (AvgIpc) is 3.33. The number of H-pyrrole nitrogens is 1. The van der Waals surface area contributed by atoms with E-state index in [4.69, 9.17) is 20.8 Å². The van der Waals surface area contributed by atoms with Gasteiger partial charge in [0.2, 0.25) is 0 Å². The van der Waals surface area contributed by atoms with Gasteiger partial charge in [-0.3, -0.25) is 4.68 Å². The van der Waals surface area contributed by atoms with Gasteiger partial charge in [0.05, 0.1) is 29.4 Å². The summed E-state index contributed by atoms with van der Waals surface area (Å²) in [4.78, 5) is 16.3. The van der Waals surface area contributed by atoms with Crippen LogP contribution in [0.4, 0.5) is 0 Å². The molecule has 0 spiro atoms. The fourth-order valence-corrected chi connectivity index (χ4v) is 5.73. The highest BCUT2D eigenvalue weighted by molar-refractivity contribution is 6.74. The first-order valence-electron chi connectivity index (χ1n) is 12.7. The standard InChI is InChI=1S/C27H40ClN3O4Si/c1-9-21-23(20(16-32)30-31(21)6)22-19(28)14-13-18-17(25(29-24(18)22)26(33)34-10-2)12-11-15-35-36(7,8)27(3,4)5/h13-14,29,32H,9-12,15-16H2,1-8H3. The average molecular weight is 534 g/mol. The van der Waals surface area contributed by atoms with E-state index in [1.54, 1.807) is 11.6 Å². The SMILES string of the molecule is CCOC(=O)c1[nH]c2c(-c3c(CO)nn(C)c3CC)c(Cl)ccc2c1CCCO[Si](C)(C)C(C)(C)C. The van der Waals surface area contributed by atoms with Crippen molar-refractivity contribution in [3.63, 3.8) is 0 Å². The minimum Gasteiger partial charge on any atom is -0.461 e. The zero-order valence-corrected chi connectivity index (χ0v) is 24.6. The molecule has 0 fully saturated rings. The number of halogens is 1. The van der Waals surface area contributed by atoms with Gasteiger partial charge in [0, 0.05) is 35.9 Å². The van der Waals surface area contributed by atoms with E-state index in [1.165, 1.54) is 0 Å². The van der Waals surface area contributed by atoms with Crippen LogP contribution >= 0.6 is 11.6 Å². The molecule has 3 rings (SSSR count). The summed E-state index contributed by atoms with van der Waals surface area (Å²) in [5.41, 5.74) is 5.16. The molecule has 0 saturated heterocycles. The number of hydrogen-bond acceptors (Lipinski definition) is 5. The van der Waals surface area contributed by atoms with Crippen molar-refractivity contribution >= 4 is 36.8 Å². The van der Waals surface area contributed by atoms with E-state index in [2.05, 4.69) is 43.9 Å². The van der Waals surface area contributed by atoms with Crippen LogP contribution in [0.25, 0.3) is 22.0 Å². The smallest absolute Gasteiger partial charge is 0.355 e. The second kappa shape index (κ2) is 11.1. The van der Waals surface area contributed by atoms with Crippen LogP contribution in [0.2, 0.25) is 23.2 Å². The maximum absolute atomic E-state index is 13.0. The number of hydrogen-bond donors (Lipinski definition) is 2. The fraction of sp³-hybridized carbons (Fsp3) is 0.556. The number of carbonyl (C=O) groups excluding carboxylic acids is 1. The number of nitrogens with zero attached hydrogens (tertiary/aromatic N) is 2. The maximum Gasteiger partial charge on any atom is 0.355 e. The lowest BCUT2D eigenvalue weighted by molar-refractivity contribution is 0.0519. The number of carbonyl (C=O) groups is 1. The van der Waals surface area contributed by atoms with Crippen molar-refractivity contribution in [3.05, 3.63) is 39.8 Å². The van der Waals surface area contributed by atoms with Gasteiger partial charge in [-0.2, -0.15) is 5.10 Å². The Morgan fingerprint density at radius 3 is 2.50 bits per heavy atom. The predicted octanol–water partition coefficient (Wildman–Crippen LogP) is 6.41. The first kappa shape index (κ1) is 28.4. The molecule has 0 aliphatic carbocycles. The summed E-state index contributed by atoms with van der Waals surface area (Å²) in [6.07, 6.45) is 2.15. The molecular formula is C27H40ClN3O4Si. The largest absolute Gasteiger partial charge is 0.461 e. The summed E-state index contributed by atoms with van der Waals surface area (Å²) in [6, 6.07) is 3.80. The molecule has 36 heavy (non-hydrogen) atoms. The van der Waals surface area contributed by atoms with E-state index in [9.17, 15) is 9.90 Å². The lowest BCUT2D eigenvalue weighted by Gasteiger charge is -2.36. The van der Waals surface area contributed by atoms with Crippen molar-refractivity contribution in [1.29, 1.82) is 0 Å². The quantitative estimate of drug-likeness (QED) is 0.178. The molecule has 2 N–H and O–H groups in total. The van der Waals surface area contributed by atoms with Crippen molar-refractivity contribution in [3.8, 4) is 11.1 Å². The van der Waals surface area contributed by atoms with Gasteiger partial charge in [-0.25, -0.2) is 4.79 Å². The fourth-order valence-electron chi connectivity index (χ4n) is 4.39. The zero-order valence-electron chi connectivity index (χ0n) is 22.8. The number of benzene rings is 1. The van der Waals surface area contributed by atoms with E-state index in [0.29, 0.717) is 35.9 Å². The van der Waals surface area contributed by atoms with Gasteiger partial charge in [-0.15, -0.1) is 0 Å². The summed E-state index contributed by atoms with van der Waals surface area (Å²) in [7, 11) is 0.00534. The molecule has 2 heterocycles. The molecule has 0 saturated carbocycles. The molecule has 7 nitrogen and oxygen atoms in total. The number of nitrogens with one attached hydrogen (secondary N) is 1. The number of rotatable bonds is 10. The minimum absolute atomic E-state index is 0.140. The molecule has 0 atom stereocenters. The molecule has 198 valence electrons. The van der Waals surface area contributed by atoms with Gasteiger partial charge in [-0.1, -0.05) is 45.4 Å². The van der Waals surface area contributed by atoms with Crippen molar-refractivity contribution in [2.75, 3.05) is 13.2 Å². The van der Waals surface area contributed by atoms with Crippen LogP contribution in [0.1, 0.15) is 68.5 Å². The molecule has 1 aromatic carbocycles. The number of aromatic amines is 1. The second-order valence-electron chi connectivity index (χ2n) is 10.7. The Morgan fingerprint density at radius 2 is 1.92 bits per heavy atom. The third-order valence-corrected chi connectivity index (χ3v) is 12.2. The topological polar surface area (TPSA) is 89.4 Å². The van der Waals surface area contributed by atoms with Crippen molar-refractivity contribution < 1.29 is 19.1 Å². The molecule has 0 bridgehead atoms. The molecule has 0 amide bonds. The summed E-state index contributed by atoms with van der Waals surface area (Å²) >= 11 is 6.76. The monoisotopic (exact) mass is 533 g/mol. The lowest BCUT2D eigenvalue weighted by Crippen LogP contribution is -2.41. The van der Waals surface area contributed by atoms with E-state index in [1.807, 2.05) is 26.1 Å². The van der Waals surface area contributed by atoms with Crippen molar-refractivity contribution in [2.45, 2.75) is 78.6 Å². The molecule has 0 aliphatic rings. The van der Waals surface area contributed by atoms with Crippen LogP contribution in [0, 0.1) is 0 Å². The van der Waals surface area contributed by atoms with Crippen LogP contribution in [0.5, 0.6) is 0 Å². The van der Waals surface area contributed by atoms with E-state index < -0.39 is 8.32 Å². The Kier molecular flexibility index (Phi) is 8.76. The molecule has 0 radical (unpaired) electrons. The van der Waals surface area contributed by atoms with Gasteiger partial charge < -0.3 is 19.3 Å². The summed E-state index contributed by atoms with van der Waals surface area (Å²) in [5.74, 6) is -0.389. The number of ether oxygens (including phenoxy) is 1. The molecule has 9 heteroatoms. The first-order valence-corrected chi connectivity index (χ1v) is 16.0. The number of aryl methyl sites for hydroxylation is 2. The third kappa shape index (κ3) is 5.42. The number of aliphatic hydroxyl groups excluding tert-OH is 1. The molecular weight excluding hydrogens is 494 g/mol. The Hall–Kier alpha value is -2.13. The van der Waals surface area contributed by atoms with E-state index in [-0.39, 0.29) is 24.2 Å². The first-order chi connectivity index (χ1) is 16.9. The van der Waals surface area contributed by atoms with Crippen LogP contribution in [0.15, 0.2) is 12.1 Å². The summed E-state index contributed by atoms with van der Waals surface area (Å²) < 4.78 is 13.6. The predicted molar refractivity (Wildman–Crippen MR) is 148 cm³/mol. The number of aliphatic hydroxyl groups is 1. The number of aromatic nitrogens is 3. The number of fused-ring (bicyclic) bond motifs is 1. The zero-order chi connectivity index (χ0) is 26.8.